The number of nitrogens with zero attached hydrogens (tertiary/aromatic N) is 2. The van der Waals surface area contributed by atoms with E-state index in [2.05, 4.69) is 5.10 Å². The Kier molecular flexibility index (Phi) is 3.52. The Morgan fingerprint density at radius 1 is 1.30 bits per heavy atom. The molecule has 1 saturated heterocycles. The number of carboxylic acid groups (broad SMARTS) is 1. The Labute approximate surface area is 116 Å². The molecular weight excluding hydrogens is 256 g/mol. The number of hydrogen-bond acceptors (Lipinski definition) is 3. The van der Waals surface area contributed by atoms with Crippen LogP contribution in [0.1, 0.15) is 12.8 Å². The third kappa shape index (κ3) is 2.72. The van der Waals surface area contributed by atoms with Gasteiger partial charge in [0.15, 0.2) is 6.10 Å². The third-order valence-electron chi connectivity index (χ3n) is 3.51. The van der Waals surface area contributed by atoms with E-state index >= 15 is 0 Å². The van der Waals surface area contributed by atoms with Crippen molar-refractivity contribution in [3.8, 4) is 11.1 Å². The number of rotatable bonds is 4. The Morgan fingerprint density at radius 2 is 2.10 bits per heavy atom. The molecule has 1 aliphatic heterocycles. The van der Waals surface area contributed by atoms with Gasteiger partial charge < -0.3 is 9.84 Å². The Hall–Kier alpha value is -2.14. The Bertz CT molecular complexity index is 594. The molecule has 104 valence electrons. The van der Waals surface area contributed by atoms with E-state index in [1.54, 1.807) is 0 Å². The number of hydrogen-bond donors (Lipinski definition) is 1. The van der Waals surface area contributed by atoms with Crippen molar-refractivity contribution in [3.05, 3.63) is 42.7 Å². The van der Waals surface area contributed by atoms with E-state index in [9.17, 15) is 4.79 Å². The van der Waals surface area contributed by atoms with Crippen LogP contribution >= 0.6 is 0 Å². The number of aliphatic carboxylic acids is 1. The minimum atomic E-state index is -0.877. The maximum Gasteiger partial charge on any atom is 0.332 e. The Balaban J connectivity index is 1.65. The van der Waals surface area contributed by atoms with Crippen molar-refractivity contribution in [3.63, 3.8) is 0 Å². The van der Waals surface area contributed by atoms with E-state index in [0.29, 0.717) is 13.0 Å². The summed E-state index contributed by atoms with van der Waals surface area (Å²) in [6.45, 7) is 0.594. The fourth-order valence-electron chi connectivity index (χ4n) is 2.47. The van der Waals surface area contributed by atoms with Gasteiger partial charge in [-0.25, -0.2) is 4.79 Å². The number of carboxylic acids is 1. The molecule has 0 spiro atoms. The summed E-state index contributed by atoms with van der Waals surface area (Å²) in [5.41, 5.74) is 2.17. The summed E-state index contributed by atoms with van der Waals surface area (Å²) in [6.07, 6.45) is 4.39. The fourth-order valence-corrected chi connectivity index (χ4v) is 2.47. The average molecular weight is 272 g/mol. The fraction of sp³-hybridized carbons (Fsp3) is 0.333. The molecule has 2 aromatic rings. The predicted molar refractivity (Wildman–Crippen MR) is 73.2 cm³/mol. The van der Waals surface area contributed by atoms with Crippen LogP contribution in [0.3, 0.4) is 0 Å². The molecule has 5 heteroatoms. The Morgan fingerprint density at radius 3 is 2.80 bits per heavy atom. The molecule has 0 amide bonds. The molecule has 1 aliphatic rings. The first-order chi connectivity index (χ1) is 9.72. The van der Waals surface area contributed by atoms with Crippen molar-refractivity contribution < 1.29 is 14.6 Å². The smallest absolute Gasteiger partial charge is 0.332 e. The van der Waals surface area contributed by atoms with Gasteiger partial charge in [0.2, 0.25) is 0 Å². The lowest BCUT2D eigenvalue weighted by Gasteiger charge is -2.10. The molecule has 1 aromatic carbocycles. The summed E-state index contributed by atoms with van der Waals surface area (Å²) in [5, 5.41) is 13.2. The van der Waals surface area contributed by atoms with E-state index in [4.69, 9.17) is 9.84 Å². The van der Waals surface area contributed by atoms with E-state index in [1.807, 2.05) is 47.4 Å². The normalized spacial score (nSPS) is 22.0. The summed E-state index contributed by atoms with van der Waals surface area (Å²) in [4.78, 5) is 10.8. The first-order valence-corrected chi connectivity index (χ1v) is 6.68. The summed E-state index contributed by atoms with van der Waals surface area (Å²) in [6, 6.07) is 10.0. The second-order valence-electron chi connectivity index (χ2n) is 4.98. The standard InChI is InChI=1S/C15H16N2O3/c18-15(19)14-7-6-13(20-14)10-17-9-12(8-16-17)11-4-2-1-3-5-11/h1-5,8-9,13-14H,6-7,10H2,(H,18,19). The number of carbonyl (C=O) groups is 1. The van der Waals surface area contributed by atoms with Gasteiger partial charge in [0, 0.05) is 11.8 Å². The van der Waals surface area contributed by atoms with Gasteiger partial charge in [-0.1, -0.05) is 30.3 Å². The van der Waals surface area contributed by atoms with Crippen LogP contribution in [0.15, 0.2) is 42.7 Å². The molecule has 0 bridgehead atoms. The molecule has 0 saturated carbocycles. The zero-order chi connectivity index (χ0) is 13.9. The maximum atomic E-state index is 10.8. The van der Waals surface area contributed by atoms with Gasteiger partial charge in [-0.2, -0.15) is 5.10 Å². The largest absolute Gasteiger partial charge is 0.479 e. The van der Waals surface area contributed by atoms with Crippen LogP contribution in [0.25, 0.3) is 11.1 Å². The zero-order valence-corrected chi connectivity index (χ0v) is 11.0. The van der Waals surface area contributed by atoms with Crippen LogP contribution in [-0.4, -0.2) is 33.1 Å². The molecule has 2 heterocycles. The van der Waals surface area contributed by atoms with Crippen LogP contribution in [0, 0.1) is 0 Å². The lowest BCUT2D eigenvalue weighted by atomic mass is 10.1. The molecular formula is C15H16N2O3. The van der Waals surface area contributed by atoms with Gasteiger partial charge in [0.1, 0.15) is 0 Å². The molecule has 5 nitrogen and oxygen atoms in total. The van der Waals surface area contributed by atoms with Crippen LogP contribution < -0.4 is 0 Å². The summed E-state index contributed by atoms with van der Waals surface area (Å²) in [5.74, 6) is -0.877. The minimum Gasteiger partial charge on any atom is -0.479 e. The SMILES string of the molecule is O=C(O)C1CCC(Cn2cc(-c3ccccc3)cn2)O1. The van der Waals surface area contributed by atoms with Crippen molar-refractivity contribution in [2.75, 3.05) is 0 Å². The van der Waals surface area contributed by atoms with Crippen LogP contribution in [0.4, 0.5) is 0 Å². The van der Waals surface area contributed by atoms with Crippen molar-refractivity contribution >= 4 is 5.97 Å². The van der Waals surface area contributed by atoms with E-state index in [-0.39, 0.29) is 6.10 Å². The molecule has 3 rings (SSSR count). The van der Waals surface area contributed by atoms with Gasteiger partial charge in [-0.05, 0) is 18.4 Å². The van der Waals surface area contributed by atoms with E-state index in [1.165, 1.54) is 0 Å². The minimum absolute atomic E-state index is 0.0698. The molecule has 2 unspecified atom stereocenters. The number of ether oxygens (including phenoxy) is 1. The van der Waals surface area contributed by atoms with Gasteiger partial charge in [-0.15, -0.1) is 0 Å². The van der Waals surface area contributed by atoms with Gasteiger partial charge >= 0.3 is 5.97 Å². The zero-order valence-electron chi connectivity index (χ0n) is 11.0. The molecule has 1 N–H and O–H groups in total. The lowest BCUT2D eigenvalue weighted by molar-refractivity contribution is -0.149. The van der Waals surface area contributed by atoms with Crippen LogP contribution in [0.5, 0.6) is 0 Å². The third-order valence-corrected chi connectivity index (χ3v) is 3.51. The molecule has 2 atom stereocenters. The van der Waals surface area contributed by atoms with Crippen molar-refractivity contribution in [2.45, 2.75) is 31.6 Å². The van der Waals surface area contributed by atoms with E-state index in [0.717, 1.165) is 17.5 Å². The quantitative estimate of drug-likeness (QED) is 0.926. The summed E-state index contributed by atoms with van der Waals surface area (Å²) < 4.78 is 7.30. The van der Waals surface area contributed by atoms with Crippen LogP contribution in [0.2, 0.25) is 0 Å². The monoisotopic (exact) mass is 272 g/mol. The lowest BCUT2D eigenvalue weighted by Crippen LogP contribution is -2.23. The molecule has 1 aromatic heterocycles. The average Bonchev–Trinajstić information content (AvgIpc) is 3.10. The highest BCUT2D eigenvalue weighted by atomic mass is 16.5. The number of benzene rings is 1. The van der Waals surface area contributed by atoms with Crippen molar-refractivity contribution in [1.82, 2.24) is 9.78 Å². The second kappa shape index (κ2) is 5.46. The van der Waals surface area contributed by atoms with Gasteiger partial charge in [-0.3, -0.25) is 4.68 Å². The van der Waals surface area contributed by atoms with Crippen LogP contribution in [-0.2, 0) is 16.1 Å². The maximum absolute atomic E-state index is 10.8. The van der Waals surface area contributed by atoms with Gasteiger partial charge in [0.05, 0.1) is 18.8 Å². The topological polar surface area (TPSA) is 64.3 Å². The number of aromatic nitrogens is 2. The second-order valence-corrected chi connectivity index (χ2v) is 4.98. The highest BCUT2D eigenvalue weighted by Crippen LogP contribution is 2.22. The highest BCUT2D eigenvalue weighted by molar-refractivity contribution is 5.72. The predicted octanol–water partition coefficient (Wildman–Crippen LogP) is 2.18. The van der Waals surface area contributed by atoms with Crippen molar-refractivity contribution in [1.29, 1.82) is 0 Å². The van der Waals surface area contributed by atoms with Crippen molar-refractivity contribution in [2.24, 2.45) is 0 Å². The van der Waals surface area contributed by atoms with E-state index < -0.39 is 12.1 Å². The summed E-state index contributed by atoms with van der Waals surface area (Å²) >= 11 is 0. The highest BCUT2D eigenvalue weighted by Gasteiger charge is 2.30. The summed E-state index contributed by atoms with van der Waals surface area (Å²) in [7, 11) is 0. The molecule has 1 fully saturated rings. The first-order valence-electron chi connectivity index (χ1n) is 6.68. The molecule has 0 aliphatic carbocycles. The van der Waals surface area contributed by atoms with Gasteiger partial charge in [0.25, 0.3) is 0 Å². The molecule has 20 heavy (non-hydrogen) atoms. The first kappa shape index (κ1) is 12.9. The molecule has 0 radical (unpaired) electrons.